The Morgan fingerprint density at radius 3 is 2.29 bits per heavy atom. The first-order chi connectivity index (χ1) is 16.4. The van der Waals surface area contributed by atoms with Crippen LogP contribution in [0.3, 0.4) is 0 Å². The van der Waals surface area contributed by atoms with E-state index in [1.165, 1.54) is 5.56 Å². The minimum atomic E-state index is -0.947. The maximum Gasteiger partial charge on any atom is 0.335 e. The summed E-state index contributed by atoms with van der Waals surface area (Å²) < 4.78 is 2.07. The second-order valence-electron chi connectivity index (χ2n) is 8.61. The van der Waals surface area contributed by atoms with Gasteiger partial charge in [-0.25, -0.2) is 4.79 Å². The van der Waals surface area contributed by atoms with Crippen LogP contribution in [-0.4, -0.2) is 34.6 Å². The number of carbonyl (C=O) groups excluding carboxylic acids is 1. The van der Waals surface area contributed by atoms with Crippen molar-refractivity contribution in [2.45, 2.75) is 26.3 Å². The lowest BCUT2D eigenvalue weighted by Crippen LogP contribution is -2.31. The summed E-state index contributed by atoms with van der Waals surface area (Å²) in [6, 6.07) is 22.8. The van der Waals surface area contributed by atoms with E-state index in [0.29, 0.717) is 31.1 Å². The molecule has 0 aliphatic carbocycles. The number of fused-ring (bicyclic) bond motifs is 1. The van der Waals surface area contributed by atoms with Crippen molar-refractivity contribution in [3.63, 3.8) is 0 Å². The molecule has 0 spiro atoms. The fourth-order valence-electron chi connectivity index (χ4n) is 3.98. The van der Waals surface area contributed by atoms with Crippen molar-refractivity contribution in [2.24, 2.45) is 0 Å². The number of aromatic nitrogens is 1. The fourth-order valence-corrected chi connectivity index (χ4v) is 3.98. The zero-order chi connectivity index (χ0) is 24.1. The number of hydrogen-bond donors (Lipinski definition) is 3. The van der Waals surface area contributed by atoms with Gasteiger partial charge in [-0.3, -0.25) is 4.79 Å². The van der Waals surface area contributed by atoms with Crippen LogP contribution in [0.4, 0.5) is 0 Å². The van der Waals surface area contributed by atoms with E-state index >= 15 is 0 Å². The zero-order valence-electron chi connectivity index (χ0n) is 19.4. The van der Waals surface area contributed by atoms with Crippen molar-refractivity contribution in [1.29, 1.82) is 0 Å². The molecule has 6 heteroatoms. The maximum absolute atomic E-state index is 12.4. The van der Waals surface area contributed by atoms with Gasteiger partial charge in [0, 0.05) is 42.5 Å². The molecule has 0 unspecified atom stereocenters. The average molecular weight is 456 g/mol. The predicted molar refractivity (Wildman–Crippen MR) is 135 cm³/mol. The van der Waals surface area contributed by atoms with Crippen molar-refractivity contribution < 1.29 is 14.7 Å². The first-order valence-corrected chi connectivity index (χ1v) is 11.5. The smallest absolute Gasteiger partial charge is 0.335 e. The van der Waals surface area contributed by atoms with Crippen LogP contribution in [0, 0.1) is 0 Å². The van der Waals surface area contributed by atoms with Gasteiger partial charge < -0.3 is 20.3 Å². The summed E-state index contributed by atoms with van der Waals surface area (Å²) in [5.41, 5.74) is 5.08. The van der Waals surface area contributed by atoms with Gasteiger partial charge in [-0.2, -0.15) is 0 Å². The first-order valence-electron chi connectivity index (χ1n) is 11.5. The number of rotatable bonds is 9. The lowest BCUT2D eigenvalue weighted by molar-refractivity contribution is 0.0696. The van der Waals surface area contributed by atoms with Gasteiger partial charge in [0.05, 0.1) is 11.1 Å². The number of benzene rings is 3. The van der Waals surface area contributed by atoms with Gasteiger partial charge in [0.15, 0.2) is 0 Å². The summed E-state index contributed by atoms with van der Waals surface area (Å²) in [6.45, 7) is 5.88. The Morgan fingerprint density at radius 2 is 1.62 bits per heavy atom. The minimum Gasteiger partial charge on any atom is -0.478 e. The third kappa shape index (κ3) is 5.18. The van der Waals surface area contributed by atoms with Crippen LogP contribution in [0.25, 0.3) is 16.6 Å². The number of nitrogens with one attached hydrogen (secondary N) is 2. The standard InChI is InChI=1S/C28H29N3O3/c1-19(2)20-8-10-21(11-9-20)27(32)30-15-14-29-17-23-18-31(24-6-4-3-5-7-24)26-13-12-22(28(33)34)16-25(23)26/h3-13,16,18-19,29H,14-15,17H2,1-2H3,(H,30,32)(H,33,34). The highest BCUT2D eigenvalue weighted by atomic mass is 16.4. The van der Waals surface area contributed by atoms with E-state index in [0.717, 1.165) is 22.2 Å². The van der Waals surface area contributed by atoms with Crippen molar-refractivity contribution >= 4 is 22.8 Å². The lowest BCUT2D eigenvalue weighted by atomic mass is 10.0. The van der Waals surface area contributed by atoms with Crippen LogP contribution in [0.15, 0.2) is 79.0 Å². The molecule has 0 saturated heterocycles. The van der Waals surface area contributed by atoms with Gasteiger partial charge in [-0.05, 0) is 59.5 Å². The Bertz CT molecular complexity index is 1290. The van der Waals surface area contributed by atoms with Gasteiger partial charge >= 0.3 is 5.97 Å². The van der Waals surface area contributed by atoms with Gasteiger partial charge in [0.25, 0.3) is 5.91 Å². The normalized spacial score (nSPS) is 11.1. The van der Waals surface area contributed by atoms with Gasteiger partial charge in [0.1, 0.15) is 0 Å². The molecule has 0 fully saturated rings. The third-order valence-electron chi connectivity index (χ3n) is 5.91. The van der Waals surface area contributed by atoms with Gasteiger partial charge in [-0.15, -0.1) is 0 Å². The van der Waals surface area contributed by atoms with E-state index in [1.807, 2.05) is 66.9 Å². The molecule has 34 heavy (non-hydrogen) atoms. The SMILES string of the molecule is CC(C)c1ccc(C(=O)NCCNCc2cn(-c3ccccc3)c3ccc(C(=O)O)cc23)cc1. The zero-order valence-corrected chi connectivity index (χ0v) is 19.4. The molecular weight excluding hydrogens is 426 g/mol. The summed E-state index contributed by atoms with van der Waals surface area (Å²) in [6.07, 6.45) is 2.04. The Morgan fingerprint density at radius 1 is 0.912 bits per heavy atom. The van der Waals surface area contributed by atoms with Crippen molar-refractivity contribution in [1.82, 2.24) is 15.2 Å². The van der Waals surface area contributed by atoms with E-state index in [1.54, 1.807) is 12.1 Å². The van der Waals surface area contributed by atoms with Crippen LogP contribution in [-0.2, 0) is 6.54 Å². The van der Waals surface area contributed by atoms with E-state index < -0.39 is 5.97 Å². The molecule has 3 N–H and O–H groups in total. The van der Waals surface area contributed by atoms with Gasteiger partial charge in [-0.1, -0.05) is 44.2 Å². The summed E-state index contributed by atoms with van der Waals surface area (Å²) in [7, 11) is 0. The second kappa shape index (κ2) is 10.4. The topological polar surface area (TPSA) is 83.4 Å². The van der Waals surface area contributed by atoms with E-state index in [9.17, 15) is 14.7 Å². The molecule has 0 atom stereocenters. The van der Waals surface area contributed by atoms with E-state index in [4.69, 9.17) is 0 Å². The van der Waals surface area contributed by atoms with Crippen molar-refractivity contribution in [2.75, 3.05) is 13.1 Å². The van der Waals surface area contributed by atoms with Gasteiger partial charge in [0.2, 0.25) is 0 Å². The van der Waals surface area contributed by atoms with Crippen molar-refractivity contribution in [3.8, 4) is 5.69 Å². The third-order valence-corrected chi connectivity index (χ3v) is 5.91. The molecule has 0 saturated carbocycles. The first kappa shape index (κ1) is 23.3. The fraction of sp³-hybridized carbons (Fsp3) is 0.214. The number of nitrogens with zero attached hydrogens (tertiary/aromatic N) is 1. The summed E-state index contributed by atoms with van der Waals surface area (Å²) in [5.74, 6) is -0.609. The number of carboxylic acid groups (broad SMARTS) is 1. The average Bonchev–Trinajstić information content (AvgIpc) is 3.22. The quantitative estimate of drug-likeness (QED) is 0.311. The maximum atomic E-state index is 12.4. The van der Waals surface area contributed by atoms with Crippen LogP contribution in [0.2, 0.25) is 0 Å². The number of hydrogen-bond acceptors (Lipinski definition) is 3. The summed E-state index contributed by atoms with van der Waals surface area (Å²) >= 11 is 0. The summed E-state index contributed by atoms with van der Waals surface area (Å²) in [4.78, 5) is 23.9. The molecule has 3 aromatic carbocycles. The highest BCUT2D eigenvalue weighted by Crippen LogP contribution is 2.26. The number of carboxylic acids is 1. The highest BCUT2D eigenvalue weighted by molar-refractivity contribution is 5.95. The Balaban J connectivity index is 1.41. The largest absolute Gasteiger partial charge is 0.478 e. The Hall–Kier alpha value is -3.90. The highest BCUT2D eigenvalue weighted by Gasteiger charge is 2.13. The Labute approximate surface area is 199 Å². The molecule has 1 amide bonds. The monoisotopic (exact) mass is 455 g/mol. The number of carbonyl (C=O) groups is 2. The summed E-state index contributed by atoms with van der Waals surface area (Å²) in [5, 5.41) is 16.6. The number of amides is 1. The van der Waals surface area contributed by atoms with E-state index in [-0.39, 0.29) is 11.5 Å². The van der Waals surface area contributed by atoms with Crippen LogP contribution in [0.1, 0.15) is 51.6 Å². The number of para-hydroxylation sites is 1. The molecule has 0 radical (unpaired) electrons. The lowest BCUT2D eigenvalue weighted by Gasteiger charge is -2.09. The molecule has 1 heterocycles. The second-order valence-corrected chi connectivity index (χ2v) is 8.61. The Kier molecular flexibility index (Phi) is 7.09. The molecule has 0 bridgehead atoms. The molecule has 4 aromatic rings. The molecule has 174 valence electrons. The predicted octanol–water partition coefficient (Wildman–Crippen LogP) is 4.97. The molecule has 6 nitrogen and oxygen atoms in total. The van der Waals surface area contributed by atoms with Crippen LogP contribution < -0.4 is 10.6 Å². The molecule has 0 aliphatic rings. The molecule has 1 aromatic heterocycles. The number of aromatic carboxylic acids is 1. The molecule has 4 rings (SSSR count). The molecule has 0 aliphatic heterocycles. The van der Waals surface area contributed by atoms with Crippen LogP contribution >= 0.6 is 0 Å². The van der Waals surface area contributed by atoms with Crippen LogP contribution in [0.5, 0.6) is 0 Å². The van der Waals surface area contributed by atoms with Crippen molar-refractivity contribution in [3.05, 3.63) is 101 Å². The minimum absolute atomic E-state index is 0.0936. The molecular formula is C28H29N3O3. The van der Waals surface area contributed by atoms with E-state index in [2.05, 4.69) is 29.0 Å².